The van der Waals surface area contributed by atoms with E-state index in [1.54, 1.807) is 24.3 Å². The quantitative estimate of drug-likeness (QED) is 0.582. The molecular weight excluding hydrogens is 308 g/mol. The molecule has 0 fully saturated rings. The SMILES string of the molecule is COC(=O)Cc1ccc(OC(CCC2=CCCCC2)C(=O)O)cc1. The first-order valence-corrected chi connectivity index (χ1v) is 8.31. The molecule has 0 spiro atoms. The van der Waals surface area contributed by atoms with Gasteiger partial charge in [0.1, 0.15) is 5.75 Å². The van der Waals surface area contributed by atoms with Gasteiger partial charge in [-0.1, -0.05) is 23.8 Å². The highest BCUT2D eigenvalue weighted by Gasteiger charge is 2.20. The Morgan fingerprint density at radius 3 is 2.54 bits per heavy atom. The van der Waals surface area contributed by atoms with Crippen LogP contribution in [0.5, 0.6) is 5.75 Å². The number of carbonyl (C=O) groups excluding carboxylic acids is 1. The average Bonchev–Trinajstić information content (AvgIpc) is 2.60. The van der Waals surface area contributed by atoms with Crippen molar-refractivity contribution >= 4 is 11.9 Å². The summed E-state index contributed by atoms with van der Waals surface area (Å²) in [5, 5.41) is 9.36. The van der Waals surface area contributed by atoms with Gasteiger partial charge in [-0.2, -0.15) is 0 Å². The zero-order chi connectivity index (χ0) is 17.4. The van der Waals surface area contributed by atoms with Crippen molar-refractivity contribution in [2.24, 2.45) is 0 Å². The first-order chi connectivity index (χ1) is 11.6. The highest BCUT2D eigenvalue weighted by Crippen LogP contribution is 2.23. The minimum Gasteiger partial charge on any atom is -0.479 e. The van der Waals surface area contributed by atoms with Gasteiger partial charge < -0.3 is 14.6 Å². The fraction of sp³-hybridized carbons (Fsp3) is 0.474. The van der Waals surface area contributed by atoms with Crippen LogP contribution in [0.15, 0.2) is 35.9 Å². The third-order valence-corrected chi connectivity index (χ3v) is 4.17. The molecule has 0 radical (unpaired) electrons. The minimum absolute atomic E-state index is 0.188. The van der Waals surface area contributed by atoms with E-state index in [4.69, 9.17) is 4.74 Å². The first-order valence-electron chi connectivity index (χ1n) is 8.31. The van der Waals surface area contributed by atoms with Crippen molar-refractivity contribution in [2.45, 2.75) is 51.0 Å². The van der Waals surface area contributed by atoms with Crippen LogP contribution in [-0.2, 0) is 20.7 Å². The van der Waals surface area contributed by atoms with Crippen molar-refractivity contribution in [3.05, 3.63) is 41.5 Å². The van der Waals surface area contributed by atoms with Crippen LogP contribution in [0.4, 0.5) is 0 Å². The number of esters is 1. The van der Waals surface area contributed by atoms with Gasteiger partial charge in [0, 0.05) is 0 Å². The normalized spacial score (nSPS) is 15.3. The second-order valence-electron chi connectivity index (χ2n) is 5.99. The maximum Gasteiger partial charge on any atom is 0.344 e. The summed E-state index contributed by atoms with van der Waals surface area (Å²) in [5.41, 5.74) is 2.14. The molecule has 0 heterocycles. The van der Waals surface area contributed by atoms with E-state index in [9.17, 15) is 14.7 Å². The Labute approximate surface area is 142 Å². The van der Waals surface area contributed by atoms with Gasteiger partial charge in [0.25, 0.3) is 0 Å². The summed E-state index contributed by atoms with van der Waals surface area (Å²) >= 11 is 0. The number of carboxylic acid groups (broad SMARTS) is 1. The van der Waals surface area contributed by atoms with Crippen molar-refractivity contribution in [3.8, 4) is 5.75 Å². The zero-order valence-electron chi connectivity index (χ0n) is 14.0. The van der Waals surface area contributed by atoms with Crippen LogP contribution in [-0.4, -0.2) is 30.3 Å². The third-order valence-electron chi connectivity index (χ3n) is 4.17. The summed E-state index contributed by atoms with van der Waals surface area (Å²) in [6.45, 7) is 0. The molecule has 130 valence electrons. The Hall–Kier alpha value is -2.30. The van der Waals surface area contributed by atoms with E-state index in [0.29, 0.717) is 12.2 Å². The smallest absolute Gasteiger partial charge is 0.344 e. The molecule has 1 N–H and O–H groups in total. The Kier molecular flexibility index (Phi) is 6.85. The molecule has 24 heavy (non-hydrogen) atoms. The maximum atomic E-state index is 11.4. The lowest BCUT2D eigenvalue weighted by molar-refractivity contribution is -0.145. The number of rotatable bonds is 8. The number of carbonyl (C=O) groups is 2. The largest absolute Gasteiger partial charge is 0.479 e. The predicted molar refractivity (Wildman–Crippen MR) is 90.0 cm³/mol. The van der Waals surface area contributed by atoms with Crippen LogP contribution in [0.3, 0.4) is 0 Å². The molecule has 5 nitrogen and oxygen atoms in total. The van der Waals surface area contributed by atoms with E-state index in [0.717, 1.165) is 24.8 Å². The van der Waals surface area contributed by atoms with E-state index in [2.05, 4.69) is 10.8 Å². The molecule has 1 atom stereocenters. The lowest BCUT2D eigenvalue weighted by atomic mass is 9.95. The molecule has 0 aliphatic heterocycles. The lowest BCUT2D eigenvalue weighted by Gasteiger charge is -2.18. The first kappa shape index (κ1) is 18.0. The summed E-state index contributed by atoms with van der Waals surface area (Å²) in [6, 6.07) is 6.87. The number of hydrogen-bond donors (Lipinski definition) is 1. The second kappa shape index (κ2) is 9.11. The molecule has 1 unspecified atom stereocenters. The van der Waals surface area contributed by atoms with Gasteiger partial charge in [0.15, 0.2) is 6.10 Å². The molecular formula is C19H24O5. The molecule has 0 amide bonds. The number of allylic oxidation sites excluding steroid dienone is 2. The Bertz CT molecular complexity index is 588. The molecule has 1 aromatic rings. The van der Waals surface area contributed by atoms with E-state index >= 15 is 0 Å². The number of hydrogen-bond acceptors (Lipinski definition) is 4. The summed E-state index contributed by atoms with van der Waals surface area (Å²) in [7, 11) is 1.35. The van der Waals surface area contributed by atoms with Crippen LogP contribution < -0.4 is 4.74 Å². The highest BCUT2D eigenvalue weighted by molar-refractivity contribution is 5.73. The molecule has 0 aromatic heterocycles. The average molecular weight is 332 g/mol. The summed E-state index contributed by atoms with van der Waals surface area (Å²) in [4.78, 5) is 22.7. The Morgan fingerprint density at radius 1 is 1.21 bits per heavy atom. The van der Waals surface area contributed by atoms with Gasteiger partial charge in [-0.15, -0.1) is 0 Å². The minimum atomic E-state index is -0.954. The fourth-order valence-corrected chi connectivity index (χ4v) is 2.77. The molecule has 2 rings (SSSR count). The summed E-state index contributed by atoms with van der Waals surface area (Å²) in [6.07, 6.45) is 7.34. The van der Waals surface area contributed by atoms with Gasteiger partial charge in [-0.25, -0.2) is 4.79 Å². The van der Waals surface area contributed by atoms with Crippen molar-refractivity contribution in [1.82, 2.24) is 0 Å². The van der Waals surface area contributed by atoms with E-state index < -0.39 is 12.1 Å². The molecule has 1 aliphatic rings. The van der Waals surface area contributed by atoms with Crippen molar-refractivity contribution in [2.75, 3.05) is 7.11 Å². The number of aliphatic carboxylic acids is 1. The van der Waals surface area contributed by atoms with Crippen LogP contribution >= 0.6 is 0 Å². The molecule has 5 heteroatoms. The molecule has 0 bridgehead atoms. The fourth-order valence-electron chi connectivity index (χ4n) is 2.77. The number of ether oxygens (including phenoxy) is 2. The Balaban J connectivity index is 1.91. The van der Waals surface area contributed by atoms with Gasteiger partial charge in [-0.05, 0) is 56.2 Å². The van der Waals surface area contributed by atoms with Crippen molar-refractivity contribution < 1.29 is 24.2 Å². The van der Waals surface area contributed by atoms with Gasteiger partial charge in [0.2, 0.25) is 0 Å². The monoisotopic (exact) mass is 332 g/mol. The van der Waals surface area contributed by atoms with E-state index in [-0.39, 0.29) is 12.4 Å². The van der Waals surface area contributed by atoms with Crippen LogP contribution in [0.1, 0.15) is 44.1 Å². The highest BCUT2D eigenvalue weighted by atomic mass is 16.5. The van der Waals surface area contributed by atoms with Crippen LogP contribution in [0.25, 0.3) is 0 Å². The number of benzene rings is 1. The van der Waals surface area contributed by atoms with Gasteiger partial charge in [-0.3, -0.25) is 4.79 Å². The number of methoxy groups -OCH3 is 1. The molecule has 0 saturated heterocycles. The molecule has 0 saturated carbocycles. The van der Waals surface area contributed by atoms with E-state index in [1.165, 1.54) is 25.5 Å². The summed E-state index contributed by atoms with van der Waals surface area (Å²) in [5.74, 6) is -0.772. The van der Waals surface area contributed by atoms with E-state index in [1.807, 2.05) is 0 Å². The third kappa shape index (κ3) is 5.72. The maximum absolute atomic E-state index is 11.4. The van der Waals surface area contributed by atoms with Crippen molar-refractivity contribution in [3.63, 3.8) is 0 Å². The molecule has 1 aliphatic carbocycles. The zero-order valence-corrected chi connectivity index (χ0v) is 14.0. The standard InChI is InChI=1S/C19H24O5/c1-23-18(20)13-15-7-10-16(11-8-15)24-17(19(21)22)12-9-14-5-3-2-4-6-14/h5,7-8,10-11,17H,2-4,6,9,12-13H2,1H3,(H,21,22). The van der Waals surface area contributed by atoms with Crippen LogP contribution in [0, 0.1) is 0 Å². The lowest BCUT2D eigenvalue weighted by Crippen LogP contribution is -2.27. The molecule has 1 aromatic carbocycles. The Morgan fingerprint density at radius 2 is 1.96 bits per heavy atom. The topological polar surface area (TPSA) is 72.8 Å². The number of carboxylic acids is 1. The summed E-state index contributed by atoms with van der Waals surface area (Å²) < 4.78 is 10.2. The van der Waals surface area contributed by atoms with Gasteiger partial charge in [0.05, 0.1) is 13.5 Å². The van der Waals surface area contributed by atoms with Crippen molar-refractivity contribution in [1.29, 1.82) is 0 Å². The van der Waals surface area contributed by atoms with Crippen LogP contribution in [0.2, 0.25) is 0 Å². The van der Waals surface area contributed by atoms with Gasteiger partial charge >= 0.3 is 11.9 Å². The second-order valence-corrected chi connectivity index (χ2v) is 5.99. The predicted octanol–water partition coefficient (Wildman–Crippen LogP) is 3.51.